The highest BCUT2D eigenvalue weighted by Gasteiger charge is 2.21. The van der Waals surface area contributed by atoms with Crippen LogP contribution in [-0.2, 0) is 4.74 Å². The Morgan fingerprint density at radius 3 is 2.38 bits per heavy atom. The van der Waals surface area contributed by atoms with Gasteiger partial charge < -0.3 is 9.47 Å². The van der Waals surface area contributed by atoms with Crippen LogP contribution in [0.4, 0.5) is 0 Å². The molecule has 1 aromatic rings. The maximum Gasteiger partial charge on any atom is 0.162 e. The lowest BCUT2D eigenvalue weighted by atomic mass is 10.1. The van der Waals surface area contributed by atoms with Crippen LogP contribution in [0.2, 0.25) is 0 Å². The van der Waals surface area contributed by atoms with Crippen molar-refractivity contribution in [3.05, 3.63) is 29.8 Å². The number of Topliss-reactive ketones (excluding diaryl/α,β-unsaturated/α-hetero) is 1. The summed E-state index contributed by atoms with van der Waals surface area (Å²) in [7, 11) is 0. The van der Waals surface area contributed by atoms with E-state index in [1.54, 1.807) is 0 Å². The minimum Gasteiger partial charge on any atom is -0.494 e. The summed E-state index contributed by atoms with van der Waals surface area (Å²) in [5.41, 5.74) is 0.760. The van der Waals surface area contributed by atoms with Gasteiger partial charge in [-0.25, -0.2) is 0 Å². The van der Waals surface area contributed by atoms with Crippen LogP contribution >= 0.6 is 12.4 Å². The van der Waals surface area contributed by atoms with Gasteiger partial charge in [-0.05, 0) is 57.5 Å². The van der Waals surface area contributed by atoms with Gasteiger partial charge in [-0.3, -0.25) is 9.69 Å². The molecule has 2 rings (SSSR count). The lowest BCUT2D eigenvalue weighted by molar-refractivity contribution is -0.0682. The molecule has 0 saturated carbocycles. The third-order valence-corrected chi connectivity index (χ3v) is 4.13. The molecule has 0 N–H and O–H groups in total. The van der Waals surface area contributed by atoms with Crippen molar-refractivity contribution in [3.63, 3.8) is 0 Å². The van der Waals surface area contributed by atoms with Crippen molar-refractivity contribution < 1.29 is 14.3 Å². The van der Waals surface area contributed by atoms with Crippen LogP contribution in [-0.4, -0.2) is 49.1 Å². The molecule has 1 saturated heterocycles. The molecule has 2 unspecified atom stereocenters. The predicted molar refractivity (Wildman–Crippen MR) is 99.5 cm³/mol. The largest absolute Gasteiger partial charge is 0.494 e. The molecule has 0 amide bonds. The van der Waals surface area contributed by atoms with Crippen LogP contribution < -0.4 is 4.74 Å². The van der Waals surface area contributed by atoms with Crippen molar-refractivity contribution in [2.45, 2.75) is 52.2 Å². The molecular formula is C19H30ClNO3. The minimum absolute atomic E-state index is 0. The summed E-state index contributed by atoms with van der Waals surface area (Å²) in [6, 6.07) is 7.46. The Hall–Kier alpha value is -1.10. The number of rotatable bonds is 8. The number of carbonyl (C=O) groups is 1. The Bertz CT molecular complexity index is 482. The van der Waals surface area contributed by atoms with Gasteiger partial charge in [-0.2, -0.15) is 0 Å². The lowest BCUT2D eigenvalue weighted by Gasteiger charge is -2.35. The van der Waals surface area contributed by atoms with Gasteiger partial charge in [0.1, 0.15) is 5.75 Å². The zero-order chi connectivity index (χ0) is 16.7. The van der Waals surface area contributed by atoms with Gasteiger partial charge in [-0.1, -0.05) is 6.92 Å². The smallest absolute Gasteiger partial charge is 0.162 e. The van der Waals surface area contributed by atoms with E-state index in [1.165, 1.54) is 0 Å². The van der Waals surface area contributed by atoms with Crippen molar-refractivity contribution >= 4 is 18.2 Å². The van der Waals surface area contributed by atoms with Crippen molar-refractivity contribution in [1.29, 1.82) is 0 Å². The SMILES string of the molecule is CCC(=O)c1ccc(OCCCCN2CC(C)OC(C)C2)cc1.Cl. The molecule has 5 heteroatoms. The van der Waals surface area contributed by atoms with Crippen molar-refractivity contribution in [1.82, 2.24) is 4.90 Å². The molecule has 1 aliphatic rings. The van der Waals surface area contributed by atoms with Gasteiger partial charge in [0, 0.05) is 25.1 Å². The second-order valence-electron chi connectivity index (χ2n) is 6.37. The molecule has 1 heterocycles. The van der Waals surface area contributed by atoms with Crippen molar-refractivity contribution in [2.75, 3.05) is 26.2 Å². The fraction of sp³-hybridized carbons (Fsp3) is 0.632. The average Bonchev–Trinajstić information content (AvgIpc) is 2.53. The molecule has 0 bridgehead atoms. The van der Waals surface area contributed by atoms with Crippen LogP contribution in [0.5, 0.6) is 5.75 Å². The molecule has 2 atom stereocenters. The van der Waals surface area contributed by atoms with E-state index >= 15 is 0 Å². The Balaban J connectivity index is 0.00000288. The first-order valence-electron chi connectivity index (χ1n) is 8.72. The molecular weight excluding hydrogens is 326 g/mol. The van der Waals surface area contributed by atoms with E-state index < -0.39 is 0 Å². The highest BCUT2D eigenvalue weighted by molar-refractivity contribution is 5.95. The number of ether oxygens (including phenoxy) is 2. The van der Waals surface area contributed by atoms with E-state index in [-0.39, 0.29) is 18.2 Å². The van der Waals surface area contributed by atoms with Gasteiger partial charge >= 0.3 is 0 Å². The van der Waals surface area contributed by atoms with Crippen LogP contribution in [0.3, 0.4) is 0 Å². The second kappa shape index (κ2) is 10.7. The first-order chi connectivity index (χ1) is 11.1. The summed E-state index contributed by atoms with van der Waals surface area (Å²) >= 11 is 0. The molecule has 0 aromatic heterocycles. The quantitative estimate of drug-likeness (QED) is 0.522. The van der Waals surface area contributed by atoms with Gasteiger partial charge in [0.05, 0.1) is 18.8 Å². The minimum atomic E-state index is 0. The Labute approximate surface area is 151 Å². The van der Waals surface area contributed by atoms with E-state index in [0.717, 1.165) is 50.4 Å². The highest BCUT2D eigenvalue weighted by atomic mass is 35.5. The van der Waals surface area contributed by atoms with E-state index in [0.29, 0.717) is 18.6 Å². The number of unbranched alkanes of at least 4 members (excludes halogenated alkanes) is 1. The van der Waals surface area contributed by atoms with E-state index in [4.69, 9.17) is 9.47 Å². The van der Waals surface area contributed by atoms with Crippen LogP contribution in [0, 0.1) is 0 Å². The van der Waals surface area contributed by atoms with E-state index in [1.807, 2.05) is 31.2 Å². The van der Waals surface area contributed by atoms with Crippen LogP contribution in [0.1, 0.15) is 50.4 Å². The van der Waals surface area contributed by atoms with Crippen molar-refractivity contribution in [3.8, 4) is 5.75 Å². The number of ketones is 1. The van der Waals surface area contributed by atoms with Gasteiger partial charge in [0.2, 0.25) is 0 Å². The van der Waals surface area contributed by atoms with Gasteiger partial charge in [0.25, 0.3) is 0 Å². The molecule has 0 aliphatic carbocycles. The average molecular weight is 356 g/mol. The normalized spacial score (nSPS) is 21.1. The fourth-order valence-corrected chi connectivity index (χ4v) is 3.04. The molecule has 4 nitrogen and oxygen atoms in total. The number of carbonyl (C=O) groups excluding carboxylic acids is 1. The third kappa shape index (κ3) is 6.80. The molecule has 0 radical (unpaired) electrons. The standard InChI is InChI=1S/C19H29NO3.ClH/c1-4-19(21)17-7-9-18(10-8-17)22-12-6-5-11-20-13-15(2)23-16(3)14-20;/h7-10,15-16H,4-6,11-14H2,1-3H3;1H. The number of hydrogen-bond acceptors (Lipinski definition) is 4. The molecule has 136 valence electrons. The predicted octanol–water partition coefficient (Wildman–Crippen LogP) is 3.97. The summed E-state index contributed by atoms with van der Waals surface area (Å²) in [6.07, 6.45) is 3.37. The number of nitrogens with zero attached hydrogens (tertiary/aromatic N) is 1. The van der Waals surface area contributed by atoms with E-state index in [2.05, 4.69) is 18.7 Å². The molecule has 1 aliphatic heterocycles. The summed E-state index contributed by atoms with van der Waals surface area (Å²) < 4.78 is 11.5. The fourth-order valence-electron chi connectivity index (χ4n) is 3.04. The maximum absolute atomic E-state index is 11.6. The first-order valence-corrected chi connectivity index (χ1v) is 8.72. The van der Waals surface area contributed by atoms with Crippen LogP contribution in [0.25, 0.3) is 0 Å². The van der Waals surface area contributed by atoms with Gasteiger partial charge in [0.15, 0.2) is 5.78 Å². The molecule has 1 fully saturated rings. The number of hydrogen-bond donors (Lipinski definition) is 0. The van der Waals surface area contributed by atoms with Crippen molar-refractivity contribution in [2.24, 2.45) is 0 Å². The molecule has 0 spiro atoms. The summed E-state index contributed by atoms with van der Waals surface area (Å²) in [4.78, 5) is 14.0. The summed E-state index contributed by atoms with van der Waals surface area (Å²) in [5, 5.41) is 0. The van der Waals surface area contributed by atoms with E-state index in [9.17, 15) is 4.79 Å². The Morgan fingerprint density at radius 2 is 1.79 bits per heavy atom. The number of morpholine rings is 1. The highest BCUT2D eigenvalue weighted by Crippen LogP contribution is 2.15. The molecule has 1 aromatic carbocycles. The lowest BCUT2D eigenvalue weighted by Crippen LogP contribution is -2.45. The monoisotopic (exact) mass is 355 g/mol. The first kappa shape index (κ1) is 20.9. The Morgan fingerprint density at radius 1 is 1.17 bits per heavy atom. The topological polar surface area (TPSA) is 38.8 Å². The summed E-state index contributed by atoms with van der Waals surface area (Å²) in [6.45, 7) is 10.0. The number of halogens is 1. The number of benzene rings is 1. The Kier molecular flexibility index (Phi) is 9.34. The summed E-state index contributed by atoms with van der Waals surface area (Å²) in [5.74, 6) is 1.01. The van der Waals surface area contributed by atoms with Crippen LogP contribution in [0.15, 0.2) is 24.3 Å². The van der Waals surface area contributed by atoms with Gasteiger partial charge in [-0.15, -0.1) is 12.4 Å². The zero-order valence-electron chi connectivity index (χ0n) is 15.0. The zero-order valence-corrected chi connectivity index (χ0v) is 15.8. The molecule has 24 heavy (non-hydrogen) atoms. The maximum atomic E-state index is 11.6. The second-order valence-corrected chi connectivity index (χ2v) is 6.37. The third-order valence-electron chi connectivity index (χ3n) is 4.13.